The predicted octanol–water partition coefficient (Wildman–Crippen LogP) is 3.75. The molecule has 3 rings (SSSR count). The van der Waals surface area contributed by atoms with Crippen LogP contribution in [-0.4, -0.2) is 55.0 Å². The van der Waals surface area contributed by atoms with Crippen LogP contribution in [0.2, 0.25) is 0 Å². The van der Waals surface area contributed by atoms with Gasteiger partial charge < -0.3 is 15.1 Å². The predicted molar refractivity (Wildman–Crippen MR) is 121 cm³/mol. The van der Waals surface area contributed by atoms with Gasteiger partial charge in [-0.1, -0.05) is 31.2 Å². The van der Waals surface area contributed by atoms with Crippen molar-refractivity contribution in [2.24, 2.45) is 10.9 Å². The minimum atomic E-state index is 0. The third-order valence-corrected chi connectivity index (χ3v) is 5.43. The van der Waals surface area contributed by atoms with Crippen LogP contribution in [-0.2, 0) is 13.0 Å². The molecule has 0 spiro atoms. The van der Waals surface area contributed by atoms with Gasteiger partial charge in [0, 0.05) is 39.3 Å². The smallest absolute Gasteiger partial charge is 0.193 e. The summed E-state index contributed by atoms with van der Waals surface area (Å²) in [6, 6.07) is 9.85. The van der Waals surface area contributed by atoms with Crippen LogP contribution in [0.15, 0.2) is 29.3 Å². The Morgan fingerprint density at radius 2 is 1.85 bits per heavy atom. The van der Waals surface area contributed by atoms with E-state index in [4.69, 9.17) is 4.99 Å². The van der Waals surface area contributed by atoms with Crippen molar-refractivity contribution in [3.05, 3.63) is 35.4 Å². The van der Waals surface area contributed by atoms with Crippen LogP contribution in [0.3, 0.4) is 0 Å². The zero-order valence-electron chi connectivity index (χ0n) is 16.6. The first kappa shape index (κ1) is 21.5. The molecule has 1 aliphatic heterocycles. The minimum absolute atomic E-state index is 0. The second-order valence-electron chi connectivity index (χ2n) is 7.60. The normalized spacial score (nSPS) is 20.7. The van der Waals surface area contributed by atoms with Crippen LogP contribution >= 0.6 is 24.0 Å². The first-order chi connectivity index (χ1) is 12.2. The highest BCUT2D eigenvalue weighted by molar-refractivity contribution is 14.0. The molecule has 0 aromatic heterocycles. The molecule has 0 bridgehead atoms. The Labute approximate surface area is 176 Å². The van der Waals surface area contributed by atoms with Crippen molar-refractivity contribution in [1.82, 2.24) is 15.1 Å². The van der Waals surface area contributed by atoms with E-state index in [2.05, 4.69) is 60.3 Å². The maximum absolute atomic E-state index is 4.94. The van der Waals surface area contributed by atoms with Crippen LogP contribution in [0.4, 0.5) is 0 Å². The van der Waals surface area contributed by atoms with Gasteiger partial charge in [-0.25, -0.2) is 0 Å². The molecule has 1 saturated carbocycles. The van der Waals surface area contributed by atoms with Crippen LogP contribution in [0.1, 0.15) is 44.2 Å². The van der Waals surface area contributed by atoms with E-state index in [1.165, 1.54) is 43.5 Å². The van der Waals surface area contributed by atoms with Crippen molar-refractivity contribution in [2.45, 2.75) is 52.1 Å². The van der Waals surface area contributed by atoms with Gasteiger partial charge in [0.05, 0.1) is 0 Å². The molecule has 1 N–H and O–H groups in total. The number of aryl methyl sites for hydroxylation is 1. The summed E-state index contributed by atoms with van der Waals surface area (Å²) in [4.78, 5) is 9.87. The summed E-state index contributed by atoms with van der Waals surface area (Å²) in [7, 11) is 2.14. The Balaban J connectivity index is 0.00000243. The fraction of sp³-hybridized carbons (Fsp3) is 0.667. The van der Waals surface area contributed by atoms with Gasteiger partial charge in [-0.3, -0.25) is 4.99 Å². The van der Waals surface area contributed by atoms with Crippen molar-refractivity contribution in [3.8, 4) is 0 Å². The largest absolute Gasteiger partial charge is 0.357 e. The summed E-state index contributed by atoms with van der Waals surface area (Å²) in [5.74, 6) is 1.76. The maximum atomic E-state index is 4.94. The number of hydrogen-bond acceptors (Lipinski definition) is 2. The van der Waals surface area contributed by atoms with Crippen LogP contribution in [0, 0.1) is 5.92 Å². The van der Waals surface area contributed by atoms with Gasteiger partial charge in [0.2, 0.25) is 0 Å². The van der Waals surface area contributed by atoms with Gasteiger partial charge in [0.15, 0.2) is 5.96 Å². The van der Waals surface area contributed by atoms with E-state index in [1.807, 2.05) is 0 Å². The molecule has 2 fully saturated rings. The first-order valence-electron chi connectivity index (χ1n) is 10.0. The summed E-state index contributed by atoms with van der Waals surface area (Å²) in [5, 5.41) is 3.46. The fourth-order valence-corrected chi connectivity index (χ4v) is 3.70. The second-order valence-corrected chi connectivity index (χ2v) is 7.60. The quantitative estimate of drug-likeness (QED) is 0.374. The molecule has 1 aliphatic carbocycles. The lowest BCUT2D eigenvalue weighted by molar-refractivity contribution is 0.315. The summed E-state index contributed by atoms with van der Waals surface area (Å²) in [6.07, 6.45) is 5.23. The molecule has 26 heavy (non-hydrogen) atoms. The maximum Gasteiger partial charge on any atom is 0.193 e. The number of benzene rings is 1. The third kappa shape index (κ3) is 6.12. The third-order valence-electron chi connectivity index (χ3n) is 5.43. The van der Waals surface area contributed by atoms with Crippen LogP contribution in [0.5, 0.6) is 0 Å². The van der Waals surface area contributed by atoms with Crippen molar-refractivity contribution < 1.29 is 0 Å². The molecule has 146 valence electrons. The van der Waals surface area contributed by atoms with E-state index in [1.54, 1.807) is 0 Å². The lowest BCUT2D eigenvalue weighted by Gasteiger charge is -2.23. The standard InChI is InChI=1S/C21H34N4.HI/c1-4-17-6-8-18(9-7-17)15-24(3)21(22-5-2)23-14-19-12-13-25(16-19)20-10-11-20;/h6-9,19-20H,4-5,10-16H2,1-3H3,(H,22,23);1H. The molecule has 5 heteroatoms. The fourth-order valence-electron chi connectivity index (χ4n) is 3.70. The molecular weight excluding hydrogens is 435 g/mol. The Kier molecular flexibility index (Phi) is 8.67. The minimum Gasteiger partial charge on any atom is -0.357 e. The highest BCUT2D eigenvalue weighted by Crippen LogP contribution is 2.31. The highest BCUT2D eigenvalue weighted by Gasteiger charge is 2.34. The number of halogens is 1. The van der Waals surface area contributed by atoms with Gasteiger partial charge in [-0.05, 0) is 56.2 Å². The molecule has 1 unspecified atom stereocenters. The lowest BCUT2D eigenvalue weighted by Crippen LogP contribution is -2.39. The number of hydrogen-bond donors (Lipinski definition) is 1. The van der Waals surface area contributed by atoms with Gasteiger partial charge in [0.1, 0.15) is 0 Å². The molecule has 4 nitrogen and oxygen atoms in total. The number of guanidine groups is 1. The Bertz CT molecular complexity index is 568. The van der Waals surface area contributed by atoms with Crippen LogP contribution in [0.25, 0.3) is 0 Å². The highest BCUT2D eigenvalue weighted by atomic mass is 127. The van der Waals surface area contributed by atoms with Gasteiger partial charge >= 0.3 is 0 Å². The van der Waals surface area contributed by atoms with Crippen LogP contribution < -0.4 is 5.32 Å². The molecular formula is C21H35IN4. The van der Waals surface area contributed by atoms with Gasteiger partial charge in [0.25, 0.3) is 0 Å². The lowest BCUT2D eigenvalue weighted by atomic mass is 10.1. The average Bonchev–Trinajstić information content (AvgIpc) is 3.38. The number of nitrogens with zero attached hydrogens (tertiary/aromatic N) is 3. The average molecular weight is 470 g/mol. The SMILES string of the molecule is CCNC(=NCC1CCN(C2CC2)C1)N(C)Cc1ccc(CC)cc1.I. The number of likely N-dealkylation sites (tertiary alicyclic amines) is 1. The number of rotatable bonds is 7. The van der Waals surface area contributed by atoms with E-state index in [9.17, 15) is 0 Å². The number of nitrogens with one attached hydrogen (secondary N) is 1. The van der Waals surface area contributed by atoms with E-state index < -0.39 is 0 Å². The topological polar surface area (TPSA) is 30.9 Å². The monoisotopic (exact) mass is 470 g/mol. The Hall–Kier alpha value is -0.820. The molecule has 1 saturated heterocycles. The summed E-state index contributed by atoms with van der Waals surface area (Å²) >= 11 is 0. The van der Waals surface area contributed by atoms with E-state index in [0.29, 0.717) is 0 Å². The van der Waals surface area contributed by atoms with Crippen molar-refractivity contribution in [3.63, 3.8) is 0 Å². The molecule has 1 atom stereocenters. The zero-order chi connectivity index (χ0) is 17.6. The zero-order valence-corrected chi connectivity index (χ0v) is 18.9. The Morgan fingerprint density at radius 3 is 2.46 bits per heavy atom. The second kappa shape index (κ2) is 10.5. The van der Waals surface area contributed by atoms with Crippen molar-refractivity contribution in [2.75, 3.05) is 33.2 Å². The molecule has 0 amide bonds. The van der Waals surface area contributed by atoms with Crippen molar-refractivity contribution in [1.29, 1.82) is 0 Å². The van der Waals surface area contributed by atoms with E-state index in [-0.39, 0.29) is 24.0 Å². The van der Waals surface area contributed by atoms with Gasteiger partial charge in [-0.15, -0.1) is 24.0 Å². The number of aliphatic imine (C=N–C) groups is 1. The molecule has 1 heterocycles. The van der Waals surface area contributed by atoms with Crippen molar-refractivity contribution >= 4 is 29.9 Å². The Morgan fingerprint density at radius 1 is 1.15 bits per heavy atom. The molecule has 1 aromatic carbocycles. The summed E-state index contributed by atoms with van der Waals surface area (Å²) < 4.78 is 0. The molecule has 2 aliphatic rings. The first-order valence-corrected chi connectivity index (χ1v) is 10.0. The van der Waals surface area contributed by atoms with E-state index in [0.717, 1.165) is 44.0 Å². The summed E-state index contributed by atoms with van der Waals surface area (Å²) in [6.45, 7) is 9.63. The van der Waals surface area contributed by atoms with Gasteiger partial charge in [-0.2, -0.15) is 0 Å². The van der Waals surface area contributed by atoms with E-state index >= 15 is 0 Å². The molecule has 0 radical (unpaired) electrons. The summed E-state index contributed by atoms with van der Waals surface area (Å²) in [5.41, 5.74) is 2.74. The molecule has 1 aromatic rings.